The summed E-state index contributed by atoms with van der Waals surface area (Å²) in [6, 6.07) is 5.55. The lowest BCUT2D eigenvalue weighted by Crippen LogP contribution is -2.61. The molecule has 3 amide bonds. The summed E-state index contributed by atoms with van der Waals surface area (Å²) >= 11 is 0. The second-order valence-corrected chi connectivity index (χ2v) is 10.2. The first-order valence-corrected chi connectivity index (χ1v) is 12.3. The standard InChI is InChI=1S/C25H31N3O5/c29-23-8-7-21(24(30)26-23)28-12-15-9-18(5-6-19(15)25(28)31)33-22-4-2-1-3-20(22)27-10-16(11-27)17-13-32-14-17/h5-6,9,16-17,20-22H,1-4,7-8,10-14H2,(H,26,29,30)/t20-,21?,22+/m1/s1. The Hall–Kier alpha value is -2.45. The Kier molecular flexibility index (Phi) is 5.37. The van der Waals surface area contributed by atoms with Crippen LogP contribution in [0.4, 0.5) is 0 Å². The van der Waals surface area contributed by atoms with Crippen LogP contribution in [0.25, 0.3) is 0 Å². The zero-order chi connectivity index (χ0) is 22.5. The molecule has 0 spiro atoms. The lowest BCUT2D eigenvalue weighted by Gasteiger charge is -2.52. The van der Waals surface area contributed by atoms with Gasteiger partial charge in [-0.1, -0.05) is 6.42 Å². The van der Waals surface area contributed by atoms with E-state index in [1.54, 1.807) is 4.90 Å². The molecule has 0 aromatic heterocycles. The molecule has 176 valence electrons. The minimum atomic E-state index is -0.588. The fourth-order valence-corrected chi connectivity index (χ4v) is 6.08. The van der Waals surface area contributed by atoms with Crippen LogP contribution in [-0.2, 0) is 20.9 Å². The van der Waals surface area contributed by atoms with E-state index in [2.05, 4.69) is 10.2 Å². The Morgan fingerprint density at radius 1 is 1.00 bits per heavy atom. The number of carbonyl (C=O) groups is 3. The van der Waals surface area contributed by atoms with Crippen LogP contribution in [0.5, 0.6) is 5.75 Å². The highest BCUT2D eigenvalue weighted by atomic mass is 16.5. The third-order valence-electron chi connectivity index (χ3n) is 8.19. The van der Waals surface area contributed by atoms with E-state index in [-0.39, 0.29) is 30.2 Å². The summed E-state index contributed by atoms with van der Waals surface area (Å²) < 4.78 is 11.9. The number of nitrogens with zero attached hydrogens (tertiary/aromatic N) is 2. The van der Waals surface area contributed by atoms with Gasteiger partial charge in [0, 0.05) is 43.6 Å². The Morgan fingerprint density at radius 2 is 1.82 bits per heavy atom. The van der Waals surface area contributed by atoms with E-state index >= 15 is 0 Å². The highest BCUT2D eigenvalue weighted by Gasteiger charge is 2.43. The number of carbonyl (C=O) groups excluding carboxylic acids is 3. The first-order chi connectivity index (χ1) is 16.1. The van der Waals surface area contributed by atoms with Gasteiger partial charge in [0.2, 0.25) is 11.8 Å². The summed E-state index contributed by atoms with van der Waals surface area (Å²) in [5.74, 6) is 1.51. The van der Waals surface area contributed by atoms with Crippen LogP contribution >= 0.6 is 0 Å². The van der Waals surface area contributed by atoms with Crippen LogP contribution in [0.2, 0.25) is 0 Å². The molecule has 8 heteroatoms. The second-order valence-electron chi connectivity index (χ2n) is 10.2. The largest absolute Gasteiger partial charge is 0.489 e. The van der Waals surface area contributed by atoms with E-state index in [0.29, 0.717) is 24.6 Å². The average molecular weight is 454 g/mol. The maximum absolute atomic E-state index is 12.9. The topological polar surface area (TPSA) is 88.2 Å². The van der Waals surface area contributed by atoms with Gasteiger partial charge in [-0.25, -0.2) is 0 Å². The van der Waals surface area contributed by atoms with Crippen LogP contribution in [-0.4, -0.2) is 72.0 Å². The number of hydrogen-bond acceptors (Lipinski definition) is 6. The van der Waals surface area contributed by atoms with Crippen molar-refractivity contribution in [3.63, 3.8) is 0 Å². The Morgan fingerprint density at radius 3 is 2.58 bits per heavy atom. The van der Waals surface area contributed by atoms with Crippen LogP contribution in [0.3, 0.4) is 0 Å². The van der Waals surface area contributed by atoms with Crippen molar-refractivity contribution in [3.05, 3.63) is 29.3 Å². The Bertz CT molecular complexity index is 971. The maximum Gasteiger partial charge on any atom is 0.255 e. The average Bonchev–Trinajstić information content (AvgIpc) is 3.05. The molecule has 4 aliphatic heterocycles. The molecule has 6 rings (SSSR count). The molecule has 1 unspecified atom stereocenters. The van der Waals surface area contributed by atoms with E-state index in [0.717, 1.165) is 55.9 Å². The molecule has 5 aliphatic rings. The number of likely N-dealkylation sites (tertiary alicyclic amines) is 1. The molecule has 1 saturated carbocycles. The van der Waals surface area contributed by atoms with E-state index in [4.69, 9.17) is 9.47 Å². The van der Waals surface area contributed by atoms with Crippen molar-refractivity contribution < 1.29 is 23.9 Å². The third-order valence-corrected chi connectivity index (χ3v) is 8.19. The molecule has 4 fully saturated rings. The highest BCUT2D eigenvalue weighted by Crippen LogP contribution is 2.37. The van der Waals surface area contributed by atoms with Crippen LogP contribution < -0.4 is 10.1 Å². The zero-order valence-corrected chi connectivity index (χ0v) is 18.8. The number of amides is 3. The number of hydrogen-bond donors (Lipinski definition) is 1. The Balaban J connectivity index is 1.12. The lowest BCUT2D eigenvalue weighted by molar-refractivity contribution is -0.136. The quantitative estimate of drug-likeness (QED) is 0.683. The van der Waals surface area contributed by atoms with Gasteiger partial charge in [-0.2, -0.15) is 0 Å². The molecule has 1 N–H and O–H groups in total. The van der Waals surface area contributed by atoms with Gasteiger partial charge in [0.25, 0.3) is 5.91 Å². The van der Waals surface area contributed by atoms with Crippen molar-refractivity contribution in [1.29, 1.82) is 0 Å². The van der Waals surface area contributed by atoms with Gasteiger partial charge < -0.3 is 14.4 Å². The van der Waals surface area contributed by atoms with Gasteiger partial charge in [0.15, 0.2) is 0 Å². The SMILES string of the molecule is O=C1CCC(N2Cc3cc(O[C@H]4CCCC[C@H]4N4CC(C5COC5)C4)ccc3C2=O)C(=O)N1. The highest BCUT2D eigenvalue weighted by molar-refractivity contribution is 6.05. The van der Waals surface area contributed by atoms with Gasteiger partial charge in [-0.3, -0.25) is 24.6 Å². The molecular weight excluding hydrogens is 422 g/mol. The number of fused-ring (bicyclic) bond motifs is 1. The van der Waals surface area contributed by atoms with Crippen molar-refractivity contribution in [2.45, 2.75) is 63.3 Å². The van der Waals surface area contributed by atoms with E-state index in [9.17, 15) is 14.4 Å². The first-order valence-electron chi connectivity index (χ1n) is 12.3. The number of piperidine rings is 1. The number of rotatable bonds is 5. The molecule has 1 aliphatic carbocycles. The van der Waals surface area contributed by atoms with Gasteiger partial charge in [0.1, 0.15) is 17.9 Å². The number of imide groups is 1. The normalized spacial score (nSPS) is 31.1. The van der Waals surface area contributed by atoms with Gasteiger partial charge in [0.05, 0.1) is 13.2 Å². The van der Waals surface area contributed by atoms with Gasteiger partial charge >= 0.3 is 0 Å². The molecule has 0 radical (unpaired) electrons. The molecule has 0 bridgehead atoms. The second kappa shape index (κ2) is 8.40. The molecule has 3 saturated heterocycles. The third kappa shape index (κ3) is 3.83. The predicted octanol–water partition coefficient (Wildman–Crippen LogP) is 1.72. The molecule has 33 heavy (non-hydrogen) atoms. The lowest BCUT2D eigenvalue weighted by atomic mass is 9.80. The van der Waals surface area contributed by atoms with Crippen LogP contribution in [0, 0.1) is 11.8 Å². The fourth-order valence-electron chi connectivity index (χ4n) is 6.08. The van der Waals surface area contributed by atoms with Crippen molar-refractivity contribution in [3.8, 4) is 5.75 Å². The monoisotopic (exact) mass is 453 g/mol. The number of ether oxygens (including phenoxy) is 2. The van der Waals surface area contributed by atoms with Crippen LogP contribution in [0.1, 0.15) is 54.4 Å². The Labute approximate surface area is 193 Å². The van der Waals surface area contributed by atoms with Crippen molar-refractivity contribution in [2.75, 3.05) is 26.3 Å². The van der Waals surface area contributed by atoms with E-state index in [1.165, 1.54) is 19.3 Å². The molecule has 8 nitrogen and oxygen atoms in total. The van der Waals surface area contributed by atoms with Crippen LogP contribution in [0.15, 0.2) is 18.2 Å². The van der Waals surface area contributed by atoms with Crippen molar-refractivity contribution >= 4 is 17.7 Å². The van der Waals surface area contributed by atoms with Crippen molar-refractivity contribution in [2.24, 2.45) is 11.8 Å². The molecule has 1 aromatic rings. The molecule has 4 heterocycles. The summed E-state index contributed by atoms with van der Waals surface area (Å²) in [5, 5.41) is 2.35. The van der Waals surface area contributed by atoms with Gasteiger partial charge in [-0.15, -0.1) is 0 Å². The minimum Gasteiger partial charge on any atom is -0.489 e. The summed E-state index contributed by atoms with van der Waals surface area (Å²) in [5.41, 5.74) is 1.52. The molecule has 1 aromatic carbocycles. The number of nitrogens with one attached hydrogen (secondary N) is 1. The van der Waals surface area contributed by atoms with E-state index < -0.39 is 6.04 Å². The predicted molar refractivity (Wildman–Crippen MR) is 119 cm³/mol. The summed E-state index contributed by atoms with van der Waals surface area (Å²) in [4.78, 5) is 40.9. The first kappa shape index (κ1) is 21.1. The summed E-state index contributed by atoms with van der Waals surface area (Å²) in [7, 11) is 0. The molecular formula is C25H31N3O5. The van der Waals surface area contributed by atoms with E-state index in [1.807, 2.05) is 18.2 Å². The number of benzene rings is 1. The zero-order valence-electron chi connectivity index (χ0n) is 18.8. The molecule has 3 atom stereocenters. The minimum absolute atomic E-state index is 0.145. The van der Waals surface area contributed by atoms with Crippen molar-refractivity contribution in [1.82, 2.24) is 15.1 Å². The maximum atomic E-state index is 12.9. The summed E-state index contributed by atoms with van der Waals surface area (Å²) in [6.07, 6.45) is 5.46. The van der Waals surface area contributed by atoms with Gasteiger partial charge in [-0.05, 0) is 55.4 Å². The fraction of sp³-hybridized carbons (Fsp3) is 0.640. The smallest absolute Gasteiger partial charge is 0.255 e. The summed E-state index contributed by atoms with van der Waals surface area (Å²) in [6.45, 7) is 4.53.